The summed E-state index contributed by atoms with van der Waals surface area (Å²) in [6.07, 6.45) is 0.213. The molecule has 0 aromatic heterocycles. The van der Waals surface area contributed by atoms with E-state index >= 15 is 0 Å². The maximum absolute atomic E-state index is 11.4. The molecule has 5 nitrogen and oxygen atoms in total. The highest BCUT2D eigenvalue weighted by molar-refractivity contribution is 7.96. The maximum Gasteiger partial charge on any atom is 0.306 e. The van der Waals surface area contributed by atoms with Crippen molar-refractivity contribution in [2.75, 3.05) is 34.3 Å². The fraction of sp³-hybridized carbons (Fsp3) is 0.818. The van der Waals surface area contributed by atoms with Crippen LogP contribution in [0.4, 0.5) is 0 Å². The number of nitrogens with zero attached hydrogens (tertiary/aromatic N) is 1. The van der Waals surface area contributed by atoms with Crippen molar-refractivity contribution in [3.63, 3.8) is 0 Å². The van der Waals surface area contributed by atoms with Gasteiger partial charge in [0.15, 0.2) is 11.2 Å². The van der Waals surface area contributed by atoms with Gasteiger partial charge < -0.3 is 14.3 Å². The van der Waals surface area contributed by atoms with Gasteiger partial charge in [-0.25, -0.2) is 0 Å². The zero-order valence-corrected chi connectivity index (χ0v) is 11.6. The van der Waals surface area contributed by atoms with E-state index in [0.717, 1.165) is 0 Å². The molecule has 0 aliphatic carbocycles. The Kier molecular flexibility index (Phi) is 7.41. The fourth-order valence-corrected chi connectivity index (χ4v) is 1.62. The quantitative estimate of drug-likeness (QED) is 0.374. The van der Waals surface area contributed by atoms with Crippen LogP contribution in [0.25, 0.3) is 0 Å². The molecule has 0 saturated heterocycles. The SMILES string of the molecule is C[N+](C)(C)CC(CC(=O)S)OC(=O)CCCO. The molecule has 0 fully saturated rings. The minimum Gasteiger partial charge on any atom is -0.456 e. The minimum atomic E-state index is -0.453. The number of aliphatic hydroxyl groups is 1. The van der Waals surface area contributed by atoms with Gasteiger partial charge in [-0.1, -0.05) is 0 Å². The molecular formula is C11H22NO4S+. The molecule has 0 spiro atoms. The van der Waals surface area contributed by atoms with E-state index in [0.29, 0.717) is 17.4 Å². The van der Waals surface area contributed by atoms with Crippen molar-refractivity contribution in [2.24, 2.45) is 0 Å². The van der Waals surface area contributed by atoms with Gasteiger partial charge in [-0.2, -0.15) is 0 Å². The standard InChI is InChI=1S/C11H21NO4S/c1-12(2,3)8-9(7-11(15)17)16-10(14)5-4-6-13/h9,13H,4-8H2,1-3H3/p+1. The Hall–Kier alpha value is -0.590. The zero-order chi connectivity index (χ0) is 13.5. The van der Waals surface area contributed by atoms with Crippen LogP contribution >= 0.6 is 12.6 Å². The third-order valence-corrected chi connectivity index (χ3v) is 2.17. The number of hydrogen-bond acceptors (Lipinski definition) is 4. The summed E-state index contributed by atoms with van der Waals surface area (Å²) in [4.78, 5) is 22.4. The number of aliphatic hydroxyl groups excluding tert-OH is 1. The number of esters is 1. The van der Waals surface area contributed by atoms with Gasteiger partial charge in [-0.3, -0.25) is 9.59 Å². The van der Waals surface area contributed by atoms with E-state index in [1.165, 1.54) is 0 Å². The topological polar surface area (TPSA) is 63.6 Å². The molecule has 17 heavy (non-hydrogen) atoms. The lowest BCUT2D eigenvalue weighted by Crippen LogP contribution is -2.43. The smallest absolute Gasteiger partial charge is 0.306 e. The van der Waals surface area contributed by atoms with E-state index in [1.54, 1.807) is 0 Å². The van der Waals surface area contributed by atoms with Crippen molar-refractivity contribution < 1.29 is 23.9 Å². The Bertz CT molecular complexity index is 263. The highest BCUT2D eigenvalue weighted by Crippen LogP contribution is 2.08. The van der Waals surface area contributed by atoms with Crippen molar-refractivity contribution in [3.8, 4) is 0 Å². The first-order valence-electron chi connectivity index (χ1n) is 5.57. The Morgan fingerprint density at radius 2 is 1.94 bits per heavy atom. The van der Waals surface area contributed by atoms with Crippen molar-refractivity contribution in [1.82, 2.24) is 0 Å². The summed E-state index contributed by atoms with van der Waals surface area (Å²) in [7, 11) is 5.87. The largest absolute Gasteiger partial charge is 0.456 e. The second-order valence-corrected chi connectivity index (χ2v) is 5.51. The summed E-state index contributed by atoms with van der Waals surface area (Å²) in [5, 5.41) is 8.31. The fourth-order valence-electron chi connectivity index (χ4n) is 1.42. The average Bonchev–Trinajstić information content (AvgIpc) is 2.10. The van der Waals surface area contributed by atoms with Crippen LogP contribution in [0.2, 0.25) is 0 Å². The normalized spacial score (nSPS) is 13.2. The number of ether oxygens (including phenoxy) is 1. The van der Waals surface area contributed by atoms with Gasteiger partial charge in [0.25, 0.3) is 0 Å². The Balaban J connectivity index is 4.28. The molecule has 1 atom stereocenters. The van der Waals surface area contributed by atoms with Crippen molar-refractivity contribution >= 4 is 23.7 Å². The van der Waals surface area contributed by atoms with Crippen molar-refractivity contribution in [2.45, 2.75) is 25.4 Å². The summed E-state index contributed by atoms with van der Waals surface area (Å²) in [6, 6.07) is 0. The lowest BCUT2D eigenvalue weighted by Gasteiger charge is -2.28. The van der Waals surface area contributed by atoms with Gasteiger partial charge in [0.2, 0.25) is 0 Å². The van der Waals surface area contributed by atoms with Crippen molar-refractivity contribution in [1.29, 1.82) is 0 Å². The van der Waals surface area contributed by atoms with Gasteiger partial charge in [0.1, 0.15) is 6.54 Å². The second-order valence-electron chi connectivity index (χ2n) is 5.01. The molecular weight excluding hydrogens is 242 g/mol. The number of quaternary nitrogens is 1. The van der Waals surface area contributed by atoms with E-state index in [2.05, 4.69) is 12.6 Å². The molecule has 0 aliphatic heterocycles. The average molecular weight is 264 g/mol. The summed E-state index contributed by atoms with van der Waals surface area (Å²) in [5.41, 5.74) is 0. The van der Waals surface area contributed by atoms with E-state index < -0.39 is 6.10 Å². The van der Waals surface area contributed by atoms with Crippen LogP contribution in [-0.4, -0.2) is 61.1 Å². The number of hydrogen-bond donors (Lipinski definition) is 2. The maximum atomic E-state index is 11.4. The molecule has 100 valence electrons. The molecule has 0 aliphatic rings. The summed E-state index contributed by atoms with van der Waals surface area (Å²) in [6.45, 7) is 0.512. The van der Waals surface area contributed by atoms with Crippen molar-refractivity contribution in [3.05, 3.63) is 0 Å². The molecule has 0 aromatic rings. The number of carbonyl (C=O) groups excluding carboxylic acids is 2. The van der Waals surface area contributed by atoms with Crippen LogP contribution in [0, 0.1) is 0 Å². The van der Waals surface area contributed by atoms with Crippen LogP contribution in [0.1, 0.15) is 19.3 Å². The van der Waals surface area contributed by atoms with Gasteiger partial charge in [0, 0.05) is 13.0 Å². The molecule has 0 rings (SSSR count). The highest BCUT2D eigenvalue weighted by Gasteiger charge is 2.23. The Labute approximate surface area is 108 Å². The number of rotatable bonds is 8. The Morgan fingerprint density at radius 1 is 1.35 bits per heavy atom. The van der Waals surface area contributed by atoms with E-state index in [-0.39, 0.29) is 30.5 Å². The van der Waals surface area contributed by atoms with Gasteiger partial charge in [-0.15, -0.1) is 12.6 Å². The molecule has 1 unspecified atom stereocenters. The van der Waals surface area contributed by atoms with E-state index in [9.17, 15) is 9.59 Å². The number of likely N-dealkylation sites (N-methyl/N-ethyl adjacent to an activating group) is 1. The zero-order valence-electron chi connectivity index (χ0n) is 10.7. The first-order valence-corrected chi connectivity index (χ1v) is 6.02. The van der Waals surface area contributed by atoms with Gasteiger partial charge >= 0.3 is 5.97 Å². The van der Waals surface area contributed by atoms with Crippen LogP contribution in [0.15, 0.2) is 0 Å². The number of thiol groups is 1. The molecule has 0 saturated carbocycles. The summed E-state index contributed by atoms with van der Waals surface area (Å²) in [5.74, 6) is -0.382. The summed E-state index contributed by atoms with van der Waals surface area (Å²) >= 11 is 3.70. The Morgan fingerprint density at radius 3 is 2.35 bits per heavy atom. The molecule has 0 bridgehead atoms. The predicted molar refractivity (Wildman–Crippen MR) is 67.7 cm³/mol. The van der Waals surface area contributed by atoms with E-state index in [4.69, 9.17) is 9.84 Å². The molecule has 0 heterocycles. The van der Waals surface area contributed by atoms with Crippen LogP contribution in [-0.2, 0) is 14.3 Å². The lowest BCUT2D eigenvalue weighted by atomic mass is 10.2. The number of carbonyl (C=O) groups is 2. The minimum absolute atomic E-state index is 0.0411. The lowest BCUT2D eigenvalue weighted by molar-refractivity contribution is -0.873. The second kappa shape index (κ2) is 7.68. The first-order chi connectivity index (χ1) is 7.74. The third-order valence-electron chi connectivity index (χ3n) is 1.99. The predicted octanol–water partition coefficient (Wildman–Crippen LogP) is 0.223. The van der Waals surface area contributed by atoms with Gasteiger partial charge in [0.05, 0.1) is 27.6 Å². The van der Waals surface area contributed by atoms with Crippen LogP contribution in [0.5, 0.6) is 0 Å². The first kappa shape index (κ1) is 16.4. The molecule has 0 aromatic carbocycles. The van der Waals surface area contributed by atoms with Crippen LogP contribution in [0.3, 0.4) is 0 Å². The molecule has 1 N–H and O–H groups in total. The van der Waals surface area contributed by atoms with Crippen LogP contribution < -0.4 is 0 Å². The third kappa shape index (κ3) is 10.3. The summed E-state index contributed by atoms with van der Waals surface area (Å²) < 4.78 is 5.80. The van der Waals surface area contributed by atoms with E-state index in [1.807, 2.05) is 21.1 Å². The molecule has 0 amide bonds. The van der Waals surface area contributed by atoms with Gasteiger partial charge in [-0.05, 0) is 6.42 Å². The monoisotopic (exact) mass is 264 g/mol. The highest BCUT2D eigenvalue weighted by atomic mass is 32.1. The molecule has 0 radical (unpaired) electrons. The molecule has 6 heteroatoms.